The third-order valence-corrected chi connectivity index (χ3v) is 2.99. The second-order valence-electron chi connectivity index (χ2n) is 5.23. The molecule has 0 unspecified atom stereocenters. The zero-order valence-electron chi connectivity index (χ0n) is 13.0. The quantitative estimate of drug-likeness (QED) is 0.829. The monoisotopic (exact) mass is 272 g/mol. The molecule has 2 heterocycles. The van der Waals surface area contributed by atoms with Crippen molar-refractivity contribution in [1.82, 2.24) is 9.97 Å². The largest absolute Gasteiger partial charge is 0.481 e. The van der Waals surface area contributed by atoms with Crippen LogP contribution >= 0.6 is 0 Å². The lowest BCUT2D eigenvalue weighted by molar-refractivity contribution is 0.397. The first-order valence-corrected chi connectivity index (χ1v) is 6.94. The minimum absolute atomic E-state index is 0.536. The van der Waals surface area contributed by atoms with E-state index in [2.05, 4.69) is 43.7 Å². The molecule has 20 heavy (non-hydrogen) atoms. The van der Waals surface area contributed by atoms with Crippen molar-refractivity contribution in [3.63, 3.8) is 0 Å². The highest BCUT2D eigenvalue weighted by Crippen LogP contribution is 2.14. The van der Waals surface area contributed by atoms with Crippen molar-refractivity contribution in [1.29, 1.82) is 0 Å². The van der Waals surface area contributed by atoms with Crippen LogP contribution in [0.15, 0.2) is 42.9 Å². The second-order valence-corrected chi connectivity index (χ2v) is 5.23. The van der Waals surface area contributed by atoms with Gasteiger partial charge in [0.2, 0.25) is 5.88 Å². The Labute approximate surface area is 122 Å². The molecule has 0 radical (unpaired) electrons. The molecule has 2 rings (SSSR count). The van der Waals surface area contributed by atoms with Gasteiger partial charge in [-0.1, -0.05) is 39.8 Å². The predicted molar refractivity (Wildman–Crippen MR) is 83.2 cm³/mol. The molecule has 0 aliphatic carbocycles. The van der Waals surface area contributed by atoms with Crippen molar-refractivity contribution in [3.05, 3.63) is 54.0 Å². The van der Waals surface area contributed by atoms with E-state index in [0.717, 1.165) is 0 Å². The first kappa shape index (κ1) is 16.2. The highest BCUT2D eigenvalue weighted by Gasteiger charge is 1.98. The van der Waals surface area contributed by atoms with E-state index in [1.165, 1.54) is 11.1 Å². The molecule has 0 spiro atoms. The predicted octanol–water partition coefficient (Wildman–Crippen LogP) is 4.42. The summed E-state index contributed by atoms with van der Waals surface area (Å²) in [7, 11) is 1.62. The van der Waals surface area contributed by atoms with Gasteiger partial charge in [-0.2, -0.15) is 0 Å². The molecule has 108 valence electrons. The van der Waals surface area contributed by atoms with E-state index >= 15 is 0 Å². The molecule has 0 bridgehead atoms. The summed E-state index contributed by atoms with van der Waals surface area (Å²) >= 11 is 0. The van der Waals surface area contributed by atoms with Gasteiger partial charge >= 0.3 is 0 Å². The standard InChI is InChI=1S/C9H13NO.C8H11N/c1-7(2)8-4-5-9(11-3)10-6-8;1-7(2)8-4-3-5-9-6-8/h4-7H,1-3H3;3-7H,1-2H3. The van der Waals surface area contributed by atoms with Gasteiger partial charge in [-0.3, -0.25) is 4.98 Å². The molecule has 0 aliphatic heterocycles. The van der Waals surface area contributed by atoms with Gasteiger partial charge in [0.25, 0.3) is 0 Å². The topological polar surface area (TPSA) is 35.0 Å². The van der Waals surface area contributed by atoms with Crippen molar-refractivity contribution >= 4 is 0 Å². The zero-order chi connectivity index (χ0) is 15.0. The molecular formula is C17H24N2O. The molecule has 0 aromatic carbocycles. The van der Waals surface area contributed by atoms with Crippen LogP contribution in [0.1, 0.15) is 50.7 Å². The summed E-state index contributed by atoms with van der Waals surface area (Å²) in [4.78, 5) is 8.10. The summed E-state index contributed by atoms with van der Waals surface area (Å²) in [5.74, 6) is 1.81. The summed E-state index contributed by atoms with van der Waals surface area (Å²) in [5.41, 5.74) is 2.54. The fraction of sp³-hybridized carbons (Fsp3) is 0.412. The Morgan fingerprint density at radius 3 is 1.90 bits per heavy atom. The number of methoxy groups -OCH3 is 1. The SMILES string of the molecule is CC(C)c1cccnc1.COc1ccc(C(C)C)cn1. The van der Waals surface area contributed by atoms with Crippen LogP contribution in [0.5, 0.6) is 5.88 Å². The highest BCUT2D eigenvalue weighted by molar-refractivity contribution is 5.19. The summed E-state index contributed by atoms with van der Waals surface area (Å²) in [6.45, 7) is 8.61. The lowest BCUT2D eigenvalue weighted by Crippen LogP contribution is -1.91. The highest BCUT2D eigenvalue weighted by atomic mass is 16.5. The van der Waals surface area contributed by atoms with E-state index in [-0.39, 0.29) is 0 Å². The van der Waals surface area contributed by atoms with E-state index in [1.54, 1.807) is 13.3 Å². The van der Waals surface area contributed by atoms with Crippen LogP contribution in [0.25, 0.3) is 0 Å². The first-order valence-electron chi connectivity index (χ1n) is 6.94. The minimum Gasteiger partial charge on any atom is -0.481 e. The molecule has 0 amide bonds. The fourth-order valence-corrected chi connectivity index (χ4v) is 1.57. The lowest BCUT2D eigenvalue weighted by atomic mass is 10.1. The maximum absolute atomic E-state index is 4.94. The van der Waals surface area contributed by atoms with E-state index in [1.807, 2.05) is 30.6 Å². The Bertz CT molecular complexity index is 478. The van der Waals surface area contributed by atoms with Crippen LogP contribution in [0.4, 0.5) is 0 Å². The van der Waals surface area contributed by atoms with E-state index in [4.69, 9.17) is 4.74 Å². The summed E-state index contributed by atoms with van der Waals surface area (Å²) in [5, 5.41) is 0. The van der Waals surface area contributed by atoms with Gasteiger partial charge in [0.05, 0.1) is 7.11 Å². The number of rotatable bonds is 3. The van der Waals surface area contributed by atoms with Gasteiger partial charge < -0.3 is 4.74 Å². The third kappa shape index (κ3) is 5.39. The zero-order valence-corrected chi connectivity index (χ0v) is 13.0. The smallest absolute Gasteiger partial charge is 0.212 e. The first-order chi connectivity index (χ1) is 9.54. The minimum atomic E-state index is 0.536. The Morgan fingerprint density at radius 1 is 0.900 bits per heavy atom. The molecule has 0 N–H and O–H groups in total. The average molecular weight is 272 g/mol. The Morgan fingerprint density at radius 2 is 1.55 bits per heavy atom. The van der Waals surface area contributed by atoms with Gasteiger partial charge in [-0.25, -0.2) is 4.98 Å². The second kappa shape index (κ2) is 8.31. The van der Waals surface area contributed by atoms with Gasteiger partial charge in [-0.15, -0.1) is 0 Å². The van der Waals surface area contributed by atoms with Crippen LogP contribution in [0.3, 0.4) is 0 Å². The Balaban J connectivity index is 0.000000204. The van der Waals surface area contributed by atoms with Gasteiger partial charge in [0.15, 0.2) is 0 Å². The van der Waals surface area contributed by atoms with Crippen LogP contribution in [0.2, 0.25) is 0 Å². The van der Waals surface area contributed by atoms with Crippen molar-refractivity contribution in [2.45, 2.75) is 39.5 Å². The molecule has 0 atom stereocenters. The number of aromatic nitrogens is 2. The number of nitrogens with zero attached hydrogens (tertiary/aromatic N) is 2. The summed E-state index contributed by atoms with van der Waals surface area (Å²) in [6.07, 6.45) is 5.56. The van der Waals surface area contributed by atoms with Gasteiger partial charge in [-0.05, 0) is 29.0 Å². The summed E-state index contributed by atoms with van der Waals surface area (Å²) < 4.78 is 4.94. The number of hydrogen-bond donors (Lipinski definition) is 0. The lowest BCUT2D eigenvalue weighted by Gasteiger charge is -2.04. The van der Waals surface area contributed by atoms with Crippen molar-refractivity contribution in [2.75, 3.05) is 7.11 Å². The van der Waals surface area contributed by atoms with E-state index < -0.39 is 0 Å². The van der Waals surface area contributed by atoms with Crippen LogP contribution in [0, 0.1) is 0 Å². The van der Waals surface area contributed by atoms with Gasteiger partial charge in [0.1, 0.15) is 0 Å². The summed E-state index contributed by atoms with van der Waals surface area (Å²) in [6, 6.07) is 7.98. The molecule has 0 saturated carbocycles. The van der Waals surface area contributed by atoms with Crippen molar-refractivity contribution in [2.24, 2.45) is 0 Å². The van der Waals surface area contributed by atoms with Crippen LogP contribution in [-0.4, -0.2) is 17.1 Å². The van der Waals surface area contributed by atoms with Crippen molar-refractivity contribution < 1.29 is 4.74 Å². The normalized spacial score (nSPS) is 10.2. The average Bonchev–Trinajstić information content (AvgIpc) is 2.49. The fourth-order valence-electron chi connectivity index (χ4n) is 1.57. The Hall–Kier alpha value is -1.90. The molecule has 0 aliphatic rings. The molecule has 2 aromatic heterocycles. The molecular weight excluding hydrogens is 248 g/mol. The molecule has 2 aromatic rings. The number of hydrogen-bond acceptors (Lipinski definition) is 3. The number of ether oxygens (including phenoxy) is 1. The Kier molecular flexibility index (Phi) is 6.71. The molecule has 3 nitrogen and oxygen atoms in total. The maximum Gasteiger partial charge on any atom is 0.212 e. The van der Waals surface area contributed by atoms with Crippen LogP contribution < -0.4 is 4.74 Å². The molecule has 0 fully saturated rings. The third-order valence-electron chi connectivity index (χ3n) is 2.99. The van der Waals surface area contributed by atoms with E-state index in [9.17, 15) is 0 Å². The maximum atomic E-state index is 4.94. The van der Waals surface area contributed by atoms with Gasteiger partial charge in [0, 0.05) is 24.7 Å². The molecule has 0 saturated heterocycles. The van der Waals surface area contributed by atoms with E-state index in [0.29, 0.717) is 17.7 Å². The van der Waals surface area contributed by atoms with Crippen molar-refractivity contribution in [3.8, 4) is 5.88 Å². The number of pyridine rings is 2. The molecule has 3 heteroatoms. The van der Waals surface area contributed by atoms with Crippen LogP contribution in [-0.2, 0) is 0 Å².